The molecule has 0 heterocycles. The van der Waals surface area contributed by atoms with Crippen molar-refractivity contribution in [3.8, 4) is 0 Å². The van der Waals surface area contributed by atoms with Gasteiger partial charge in [0.2, 0.25) is 5.91 Å². The van der Waals surface area contributed by atoms with E-state index in [4.69, 9.17) is 5.11 Å². The van der Waals surface area contributed by atoms with E-state index in [2.05, 4.69) is 10.9 Å². The molecule has 0 bridgehead atoms. The van der Waals surface area contributed by atoms with Crippen molar-refractivity contribution in [2.45, 2.75) is 19.9 Å². The third-order valence-corrected chi connectivity index (χ3v) is 1.79. The number of aliphatic hydroxyl groups is 1. The fraction of sp³-hybridized carbons (Fsp3) is 0.750. The van der Waals surface area contributed by atoms with E-state index in [0.717, 1.165) is 0 Å². The molecule has 2 amide bonds. The lowest BCUT2D eigenvalue weighted by Gasteiger charge is -2.21. The van der Waals surface area contributed by atoms with Gasteiger partial charge in [-0.3, -0.25) is 25.3 Å². The Labute approximate surface area is 83.2 Å². The highest BCUT2D eigenvalue weighted by atomic mass is 16.3. The largest absolute Gasteiger partial charge is 0.395 e. The molecule has 82 valence electrons. The van der Waals surface area contributed by atoms with Crippen molar-refractivity contribution in [2.75, 3.05) is 20.2 Å². The van der Waals surface area contributed by atoms with Gasteiger partial charge >= 0.3 is 0 Å². The van der Waals surface area contributed by atoms with E-state index < -0.39 is 0 Å². The highest BCUT2D eigenvalue weighted by Crippen LogP contribution is 1.92. The molecule has 14 heavy (non-hydrogen) atoms. The molecule has 0 saturated carbocycles. The van der Waals surface area contributed by atoms with E-state index in [1.165, 1.54) is 6.92 Å². The van der Waals surface area contributed by atoms with Crippen LogP contribution in [0, 0.1) is 0 Å². The van der Waals surface area contributed by atoms with Crippen molar-refractivity contribution in [1.29, 1.82) is 0 Å². The lowest BCUT2D eigenvalue weighted by Crippen LogP contribution is -2.47. The van der Waals surface area contributed by atoms with Crippen LogP contribution in [0.1, 0.15) is 13.8 Å². The lowest BCUT2D eigenvalue weighted by molar-refractivity contribution is -0.128. The average Bonchev–Trinajstić information content (AvgIpc) is 2.13. The van der Waals surface area contributed by atoms with Gasteiger partial charge in [-0.25, -0.2) is 0 Å². The van der Waals surface area contributed by atoms with Gasteiger partial charge in [0.15, 0.2) is 0 Å². The smallest absolute Gasteiger partial charge is 0.252 e. The van der Waals surface area contributed by atoms with Crippen LogP contribution in [0.25, 0.3) is 0 Å². The normalized spacial score (nSPS) is 12.4. The van der Waals surface area contributed by atoms with Gasteiger partial charge in [0, 0.05) is 13.0 Å². The van der Waals surface area contributed by atoms with Gasteiger partial charge in [-0.1, -0.05) is 0 Å². The van der Waals surface area contributed by atoms with Crippen LogP contribution < -0.4 is 10.9 Å². The number of carbonyl (C=O) groups is 2. The molecule has 1 atom stereocenters. The van der Waals surface area contributed by atoms with Crippen LogP contribution in [-0.2, 0) is 9.59 Å². The zero-order valence-electron chi connectivity index (χ0n) is 8.70. The van der Waals surface area contributed by atoms with Crippen molar-refractivity contribution in [3.05, 3.63) is 0 Å². The summed E-state index contributed by atoms with van der Waals surface area (Å²) in [6.45, 7) is 3.22. The summed E-state index contributed by atoms with van der Waals surface area (Å²) in [6, 6.07) is -0.0851. The Morgan fingerprint density at radius 1 is 1.43 bits per heavy atom. The first kappa shape index (κ1) is 12.9. The van der Waals surface area contributed by atoms with Gasteiger partial charge in [0.25, 0.3) is 5.91 Å². The molecule has 6 nitrogen and oxygen atoms in total. The predicted octanol–water partition coefficient (Wildman–Crippen LogP) is -1.53. The van der Waals surface area contributed by atoms with E-state index in [1.807, 2.05) is 0 Å². The Balaban J connectivity index is 3.76. The SMILES string of the molecule is CC(=O)NNC(=O)CN(C)C(C)CO. The van der Waals surface area contributed by atoms with Gasteiger partial charge in [0.05, 0.1) is 13.2 Å². The first-order valence-electron chi connectivity index (χ1n) is 4.34. The minimum Gasteiger partial charge on any atom is -0.395 e. The molecular weight excluding hydrogens is 186 g/mol. The number of nitrogens with one attached hydrogen (secondary N) is 2. The van der Waals surface area contributed by atoms with Crippen LogP contribution in [0.3, 0.4) is 0 Å². The summed E-state index contributed by atoms with van der Waals surface area (Å²) in [5.74, 6) is -0.640. The van der Waals surface area contributed by atoms with Crippen LogP contribution in [0.15, 0.2) is 0 Å². The number of hydrazine groups is 1. The standard InChI is InChI=1S/C8H17N3O3/c1-6(5-12)11(3)4-8(14)10-9-7(2)13/h6,12H,4-5H2,1-3H3,(H,9,13)(H,10,14). The minimum absolute atomic E-state index is 0.0100. The summed E-state index contributed by atoms with van der Waals surface area (Å²) in [4.78, 5) is 23.3. The van der Waals surface area contributed by atoms with Gasteiger partial charge in [-0.15, -0.1) is 0 Å². The summed E-state index contributed by atoms with van der Waals surface area (Å²) in [7, 11) is 1.72. The molecule has 0 fully saturated rings. The second kappa shape index (κ2) is 6.33. The van der Waals surface area contributed by atoms with Crippen LogP contribution in [0.5, 0.6) is 0 Å². The topological polar surface area (TPSA) is 81.7 Å². The third-order valence-electron chi connectivity index (χ3n) is 1.79. The Bertz CT molecular complexity index is 208. The molecule has 0 aliphatic rings. The molecule has 0 aromatic rings. The number of amides is 2. The van der Waals surface area contributed by atoms with Crippen molar-refractivity contribution < 1.29 is 14.7 Å². The fourth-order valence-electron chi connectivity index (χ4n) is 0.719. The molecule has 0 radical (unpaired) electrons. The van der Waals surface area contributed by atoms with E-state index in [-0.39, 0.29) is 31.0 Å². The highest BCUT2D eigenvalue weighted by Gasteiger charge is 2.11. The number of nitrogens with zero attached hydrogens (tertiary/aromatic N) is 1. The van der Waals surface area contributed by atoms with Crippen LogP contribution in [0.4, 0.5) is 0 Å². The lowest BCUT2D eigenvalue weighted by atomic mass is 10.3. The average molecular weight is 203 g/mol. The molecule has 1 unspecified atom stereocenters. The van der Waals surface area contributed by atoms with E-state index in [1.54, 1.807) is 18.9 Å². The van der Waals surface area contributed by atoms with Crippen LogP contribution in [0.2, 0.25) is 0 Å². The summed E-state index contributed by atoms with van der Waals surface area (Å²) in [6.07, 6.45) is 0. The Morgan fingerprint density at radius 3 is 2.43 bits per heavy atom. The fourth-order valence-corrected chi connectivity index (χ4v) is 0.719. The quantitative estimate of drug-likeness (QED) is 0.484. The van der Waals surface area contributed by atoms with Gasteiger partial charge in [-0.05, 0) is 14.0 Å². The first-order valence-corrected chi connectivity index (χ1v) is 4.34. The minimum atomic E-state index is -0.323. The van der Waals surface area contributed by atoms with E-state index in [0.29, 0.717) is 0 Å². The van der Waals surface area contributed by atoms with Crippen molar-refractivity contribution in [2.24, 2.45) is 0 Å². The number of hydrogen-bond donors (Lipinski definition) is 3. The second-order valence-electron chi connectivity index (χ2n) is 3.18. The number of likely N-dealkylation sites (N-methyl/N-ethyl adjacent to an activating group) is 1. The summed E-state index contributed by atoms with van der Waals surface area (Å²) >= 11 is 0. The molecule has 6 heteroatoms. The van der Waals surface area contributed by atoms with Crippen LogP contribution >= 0.6 is 0 Å². The summed E-state index contributed by atoms with van der Waals surface area (Å²) in [5, 5.41) is 8.79. The maximum atomic E-state index is 11.1. The number of rotatable bonds is 4. The zero-order valence-corrected chi connectivity index (χ0v) is 8.70. The molecule has 3 N–H and O–H groups in total. The zero-order chi connectivity index (χ0) is 11.1. The number of hydrogen-bond acceptors (Lipinski definition) is 4. The van der Waals surface area contributed by atoms with E-state index in [9.17, 15) is 9.59 Å². The third kappa shape index (κ3) is 5.50. The molecule has 0 aromatic carbocycles. The monoisotopic (exact) mass is 203 g/mol. The van der Waals surface area contributed by atoms with Crippen molar-refractivity contribution in [1.82, 2.24) is 15.8 Å². The molecule has 0 aromatic heterocycles. The van der Waals surface area contributed by atoms with Crippen molar-refractivity contribution in [3.63, 3.8) is 0 Å². The second-order valence-corrected chi connectivity index (χ2v) is 3.18. The molecule has 0 spiro atoms. The molecular formula is C8H17N3O3. The Hall–Kier alpha value is -1.14. The van der Waals surface area contributed by atoms with Crippen LogP contribution in [-0.4, -0.2) is 48.1 Å². The Morgan fingerprint density at radius 2 is 2.00 bits per heavy atom. The highest BCUT2D eigenvalue weighted by molar-refractivity contribution is 5.81. The maximum Gasteiger partial charge on any atom is 0.252 e. The van der Waals surface area contributed by atoms with Crippen molar-refractivity contribution >= 4 is 11.8 Å². The number of carbonyl (C=O) groups excluding carboxylic acids is 2. The van der Waals surface area contributed by atoms with Gasteiger partial charge < -0.3 is 5.11 Å². The van der Waals surface area contributed by atoms with E-state index >= 15 is 0 Å². The molecule has 0 aliphatic carbocycles. The summed E-state index contributed by atoms with van der Waals surface area (Å²) in [5.41, 5.74) is 4.41. The van der Waals surface area contributed by atoms with Gasteiger partial charge in [-0.2, -0.15) is 0 Å². The molecule has 0 aliphatic heterocycles. The van der Waals surface area contributed by atoms with Gasteiger partial charge in [0.1, 0.15) is 0 Å². The Kier molecular flexibility index (Phi) is 5.82. The maximum absolute atomic E-state index is 11.1. The number of aliphatic hydroxyl groups excluding tert-OH is 1. The first-order chi connectivity index (χ1) is 6.47. The summed E-state index contributed by atoms with van der Waals surface area (Å²) < 4.78 is 0. The predicted molar refractivity (Wildman–Crippen MR) is 51.1 cm³/mol. The molecule has 0 rings (SSSR count). The molecule has 0 saturated heterocycles.